The summed E-state index contributed by atoms with van der Waals surface area (Å²) in [6.07, 6.45) is 3.85. The first-order valence-electron chi connectivity index (χ1n) is 9.36. The van der Waals surface area contributed by atoms with E-state index in [1.54, 1.807) is 0 Å². The van der Waals surface area contributed by atoms with Crippen molar-refractivity contribution in [3.05, 3.63) is 82.7 Å². The number of para-hydroxylation sites is 2. The van der Waals surface area contributed by atoms with Crippen molar-refractivity contribution in [2.75, 3.05) is 0 Å². The molecule has 3 heteroatoms. The second-order valence-electron chi connectivity index (χ2n) is 7.21. The van der Waals surface area contributed by atoms with Gasteiger partial charge in [0.15, 0.2) is 0 Å². The lowest BCUT2D eigenvalue weighted by Gasteiger charge is -2.08. The van der Waals surface area contributed by atoms with Gasteiger partial charge in [0.1, 0.15) is 0 Å². The molecule has 0 unspecified atom stereocenters. The summed E-state index contributed by atoms with van der Waals surface area (Å²) >= 11 is 0. The lowest BCUT2D eigenvalue weighted by molar-refractivity contribution is 0.867. The topological polar surface area (TPSA) is 29.6 Å². The molecule has 0 aliphatic heterocycles. The first kappa shape index (κ1) is 18.8. The molecule has 0 aliphatic rings. The van der Waals surface area contributed by atoms with E-state index in [1.807, 2.05) is 25.5 Å². The van der Waals surface area contributed by atoms with E-state index in [-0.39, 0.29) is 0 Å². The minimum absolute atomic E-state index is 0.451. The Morgan fingerprint density at radius 2 is 1.37 bits per heavy atom. The highest BCUT2D eigenvalue weighted by Crippen LogP contribution is 2.26. The van der Waals surface area contributed by atoms with Crippen LogP contribution in [0.15, 0.2) is 64.6 Å². The van der Waals surface area contributed by atoms with Crippen LogP contribution in [0.5, 0.6) is 0 Å². The van der Waals surface area contributed by atoms with Crippen LogP contribution in [0.25, 0.3) is 0 Å². The molecule has 3 rings (SSSR count). The number of nitrogens with zero attached hydrogens (tertiary/aromatic N) is 3. The van der Waals surface area contributed by atoms with Crippen molar-refractivity contribution in [3.8, 4) is 0 Å². The highest BCUT2D eigenvalue weighted by atomic mass is 15.0. The third-order valence-corrected chi connectivity index (χ3v) is 4.86. The zero-order valence-corrected chi connectivity index (χ0v) is 16.8. The van der Waals surface area contributed by atoms with Crippen molar-refractivity contribution in [1.29, 1.82) is 0 Å². The van der Waals surface area contributed by atoms with E-state index >= 15 is 0 Å². The lowest BCUT2D eigenvalue weighted by Crippen LogP contribution is -2.00. The van der Waals surface area contributed by atoms with E-state index in [1.165, 1.54) is 16.7 Å². The van der Waals surface area contributed by atoms with Gasteiger partial charge in [-0.1, -0.05) is 50.2 Å². The van der Waals surface area contributed by atoms with Crippen LogP contribution in [0.1, 0.15) is 47.8 Å². The zero-order valence-electron chi connectivity index (χ0n) is 16.8. The Kier molecular flexibility index (Phi) is 5.70. The van der Waals surface area contributed by atoms with E-state index in [0.717, 1.165) is 22.8 Å². The Bertz CT molecular complexity index is 970. The van der Waals surface area contributed by atoms with Crippen molar-refractivity contribution in [2.45, 2.75) is 33.6 Å². The molecule has 2 aromatic carbocycles. The molecule has 0 bridgehead atoms. The Morgan fingerprint density at radius 1 is 0.778 bits per heavy atom. The van der Waals surface area contributed by atoms with E-state index < -0.39 is 0 Å². The van der Waals surface area contributed by atoms with Crippen LogP contribution >= 0.6 is 0 Å². The third-order valence-electron chi connectivity index (χ3n) is 4.86. The van der Waals surface area contributed by atoms with Gasteiger partial charge in [-0.15, -0.1) is 0 Å². The number of hydrogen-bond donors (Lipinski definition) is 0. The maximum atomic E-state index is 4.73. The van der Waals surface area contributed by atoms with Gasteiger partial charge in [-0.2, -0.15) is 0 Å². The summed E-state index contributed by atoms with van der Waals surface area (Å²) in [5.41, 5.74) is 7.81. The normalized spacial score (nSPS) is 11.9. The van der Waals surface area contributed by atoms with E-state index in [0.29, 0.717) is 5.92 Å². The summed E-state index contributed by atoms with van der Waals surface area (Å²) in [6.45, 7) is 8.57. The van der Waals surface area contributed by atoms with E-state index in [9.17, 15) is 0 Å². The van der Waals surface area contributed by atoms with Crippen LogP contribution in [-0.4, -0.2) is 17.0 Å². The second kappa shape index (κ2) is 8.17. The molecule has 1 aromatic heterocycles. The number of benzene rings is 2. The van der Waals surface area contributed by atoms with E-state index in [2.05, 4.69) is 80.8 Å². The molecule has 0 saturated carbocycles. The molecule has 27 heavy (non-hydrogen) atoms. The monoisotopic (exact) mass is 357 g/mol. The summed E-state index contributed by atoms with van der Waals surface area (Å²) in [6, 6.07) is 18.7. The van der Waals surface area contributed by atoms with Crippen molar-refractivity contribution in [1.82, 2.24) is 4.57 Å². The maximum absolute atomic E-state index is 4.73. The SMILES string of the molecule is Cc1cccc(C)c1N=Cc1ccc(C=Nc2ccccc2C(C)C)n1C. The van der Waals surface area contributed by atoms with Crippen LogP contribution in [0.4, 0.5) is 11.4 Å². The summed E-state index contributed by atoms with van der Waals surface area (Å²) in [5, 5.41) is 0. The highest BCUT2D eigenvalue weighted by Gasteiger charge is 2.05. The van der Waals surface area contributed by atoms with Gasteiger partial charge in [0.2, 0.25) is 0 Å². The fraction of sp³-hybridized carbons (Fsp3) is 0.250. The largest absolute Gasteiger partial charge is 0.342 e. The number of aryl methyl sites for hydroxylation is 2. The molecule has 0 spiro atoms. The number of aromatic nitrogens is 1. The van der Waals surface area contributed by atoms with Gasteiger partial charge in [-0.25, -0.2) is 0 Å². The van der Waals surface area contributed by atoms with Gasteiger partial charge in [0.05, 0.1) is 35.2 Å². The van der Waals surface area contributed by atoms with Gasteiger partial charge >= 0.3 is 0 Å². The summed E-state index contributed by atoms with van der Waals surface area (Å²) < 4.78 is 2.11. The molecule has 0 amide bonds. The Morgan fingerprint density at radius 3 is 2.00 bits per heavy atom. The average molecular weight is 358 g/mol. The van der Waals surface area contributed by atoms with E-state index in [4.69, 9.17) is 9.98 Å². The van der Waals surface area contributed by atoms with Crippen molar-refractivity contribution < 1.29 is 0 Å². The Hall–Kier alpha value is -2.94. The predicted octanol–water partition coefficient (Wildman–Crippen LogP) is 6.27. The van der Waals surface area contributed by atoms with Crippen molar-refractivity contribution in [3.63, 3.8) is 0 Å². The zero-order chi connectivity index (χ0) is 19.4. The Balaban J connectivity index is 1.85. The molecule has 0 radical (unpaired) electrons. The highest BCUT2D eigenvalue weighted by molar-refractivity contribution is 5.86. The molecule has 0 atom stereocenters. The standard InChI is InChI=1S/C24H27N3/c1-17(2)22-11-6-7-12-23(22)25-15-20-13-14-21(27(20)5)16-26-24-18(3)9-8-10-19(24)4/h6-17H,1-5H3. The second-order valence-corrected chi connectivity index (χ2v) is 7.21. The molecule has 0 aliphatic carbocycles. The van der Waals surface area contributed by atoms with Crippen LogP contribution in [0, 0.1) is 13.8 Å². The third kappa shape index (κ3) is 4.25. The summed E-state index contributed by atoms with van der Waals surface area (Å²) in [4.78, 5) is 9.44. The fourth-order valence-electron chi connectivity index (χ4n) is 3.17. The fourth-order valence-corrected chi connectivity index (χ4v) is 3.17. The predicted molar refractivity (Wildman–Crippen MR) is 116 cm³/mol. The Labute approximate surface area is 162 Å². The molecule has 0 saturated heterocycles. The molecule has 1 heterocycles. The van der Waals surface area contributed by atoms with Crippen LogP contribution in [-0.2, 0) is 7.05 Å². The molecular formula is C24H27N3. The van der Waals surface area contributed by atoms with Crippen molar-refractivity contribution in [2.24, 2.45) is 17.0 Å². The summed E-state index contributed by atoms with van der Waals surface area (Å²) in [5.74, 6) is 0.451. The van der Waals surface area contributed by atoms with Gasteiger partial charge < -0.3 is 4.57 Å². The average Bonchev–Trinajstić information content (AvgIpc) is 2.99. The molecular weight excluding hydrogens is 330 g/mol. The summed E-state index contributed by atoms with van der Waals surface area (Å²) in [7, 11) is 2.04. The first-order valence-corrected chi connectivity index (χ1v) is 9.36. The molecule has 0 fully saturated rings. The minimum atomic E-state index is 0.451. The van der Waals surface area contributed by atoms with Gasteiger partial charge in [-0.3, -0.25) is 9.98 Å². The number of hydrogen-bond acceptors (Lipinski definition) is 2. The first-order chi connectivity index (χ1) is 13.0. The van der Waals surface area contributed by atoms with Crippen LogP contribution in [0.3, 0.4) is 0 Å². The number of rotatable bonds is 5. The van der Waals surface area contributed by atoms with Gasteiger partial charge in [-0.05, 0) is 54.7 Å². The van der Waals surface area contributed by atoms with Crippen LogP contribution < -0.4 is 0 Å². The van der Waals surface area contributed by atoms with Crippen molar-refractivity contribution >= 4 is 23.8 Å². The molecule has 138 valence electrons. The molecule has 3 nitrogen and oxygen atoms in total. The van der Waals surface area contributed by atoms with Gasteiger partial charge in [0.25, 0.3) is 0 Å². The lowest BCUT2D eigenvalue weighted by atomic mass is 10.0. The number of aliphatic imine (C=N–C) groups is 2. The minimum Gasteiger partial charge on any atom is -0.342 e. The van der Waals surface area contributed by atoms with Crippen LogP contribution in [0.2, 0.25) is 0 Å². The maximum Gasteiger partial charge on any atom is 0.0688 e. The quantitative estimate of drug-likeness (QED) is 0.482. The molecule has 3 aromatic rings. The smallest absolute Gasteiger partial charge is 0.0688 e. The molecule has 0 N–H and O–H groups in total. The van der Waals surface area contributed by atoms with Gasteiger partial charge in [0, 0.05) is 7.05 Å².